The Balaban J connectivity index is 1.31. The van der Waals surface area contributed by atoms with Crippen LogP contribution in [0.3, 0.4) is 0 Å². The van der Waals surface area contributed by atoms with Crippen molar-refractivity contribution in [3.8, 4) is 57.1 Å². The molecule has 0 radical (unpaired) electrons. The number of nitrogens with zero attached hydrogens (tertiary/aromatic N) is 3. The van der Waals surface area contributed by atoms with Crippen LogP contribution < -0.4 is 4.57 Å². The van der Waals surface area contributed by atoms with Crippen molar-refractivity contribution >= 4 is 67.0 Å². The lowest BCUT2D eigenvalue weighted by atomic mass is 9.94. The topological polar surface area (TPSA) is 61.2 Å². The fourth-order valence-electron chi connectivity index (χ4n) is 11.4. The van der Waals surface area contributed by atoms with Crippen molar-refractivity contribution < 1.29 is 4.57 Å². The second-order valence-electron chi connectivity index (χ2n) is 20.4. The Morgan fingerprint density at radius 1 is 0.442 bits per heavy atom. The van der Waals surface area contributed by atoms with Crippen molar-refractivity contribution in [2.24, 2.45) is 7.05 Å². The molecular weight excluding hydrogens is 975 g/mol. The van der Waals surface area contributed by atoms with E-state index in [4.69, 9.17) is 9.97 Å². The van der Waals surface area contributed by atoms with Gasteiger partial charge in [0.05, 0.1) is 38.1 Å². The number of hydrogen-bond donors (Lipinski definition) is 2. The van der Waals surface area contributed by atoms with Gasteiger partial charge in [0.25, 0.3) is 0 Å². The number of nitrogens with one attached hydrogen (secondary N) is 2. The Morgan fingerprint density at radius 2 is 0.844 bits per heavy atom. The predicted octanol–water partition coefficient (Wildman–Crippen LogP) is 17.7. The second kappa shape index (κ2) is 27.1. The molecule has 8 bridgehead atoms. The molecule has 8 heterocycles. The molecule has 77 heavy (non-hydrogen) atoms. The molecule has 2 aliphatic heterocycles. The maximum atomic E-state index is 5.63. The predicted molar refractivity (Wildman–Crippen MR) is 332 cm³/mol. The van der Waals surface area contributed by atoms with Crippen molar-refractivity contribution in [1.29, 1.82) is 0 Å². The van der Waals surface area contributed by atoms with Crippen molar-refractivity contribution in [1.82, 2.24) is 19.9 Å². The number of H-pyrrole nitrogens is 2. The van der Waals surface area contributed by atoms with Gasteiger partial charge >= 0.3 is 0 Å². The van der Waals surface area contributed by atoms with Crippen molar-refractivity contribution in [3.05, 3.63) is 132 Å². The van der Waals surface area contributed by atoms with Crippen molar-refractivity contribution in [2.75, 3.05) is 0 Å². The zero-order valence-corrected chi connectivity index (χ0v) is 49.7. The lowest BCUT2D eigenvalue weighted by molar-refractivity contribution is -0.671. The molecule has 396 valence electrons. The summed E-state index contributed by atoms with van der Waals surface area (Å²) in [6, 6.07) is 15.8. The van der Waals surface area contributed by atoms with Gasteiger partial charge in [0.1, 0.15) is 7.05 Å². The molecular formula is C70H80N5S2+. The van der Waals surface area contributed by atoms with E-state index >= 15 is 0 Å². The first-order valence-corrected chi connectivity index (χ1v) is 30.8. The summed E-state index contributed by atoms with van der Waals surface area (Å²) < 4.78 is 2.02. The van der Waals surface area contributed by atoms with E-state index in [9.17, 15) is 0 Å². The summed E-state index contributed by atoms with van der Waals surface area (Å²) in [5, 5.41) is 0. The molecule has 0 aliphatic carbocycles. The number of thiophene rings is 2. The Labute approximate surface area is 469 Å². The number of aryl methyl sites for hydroxylation is 7. The van der Waals surface area contributed by atoms with E-state index in [0.29, 0.717) is 0 Å². The number of aromatic nitrogens is 5. The highest BCUT2D eigenvalue weighted by Gasteiger charge is 2.27. The highest BCUT2D eigenvalue weighted by atomic mass is 32.1. The third-order valence-corrected chi connectivity index (χ3v) is 17.8. The van der Waals surface area contributed by atoms with Gasteiger partial charge in [-0.2, -0.15) is 0 Å². The number of allylic oxidation sites excluding steroid dienone is 4. The largest absolute Gasteiger partial charge is 0.355 e. The zero-order chi connectivity index (χ0) is 54.4. The fraction of sp³-hybridized carbons (Fsp3) is 0.414. The maximum Gasteiger partial charge on any atom is 0.169 e. The van der Waals surface area contributed by atoms with Crippen molar-refractivity contribution in [3.63, 3.8) is 0 Å². The molecule has 5 nitrogen and oxygen atoms in total. The lowest BCUT2D eigenvalue weighted by Gasteiger charge is -2.08. The molecule has 6 aromatic rings. The van der Waals surface area contributed by atoms with Crippen LogP contribution in [-0.4, -0.2) is 19.9 Å². The van der Waals surface area contributed by atoms with Gasteiger partial charge in [-0.05, 0) is 204 Å². The summed E-state index contributed by atoms with van der Waals surface area (Å²) in [6.07, 6.45) is 22.8. The average Bonchev–Trinajstić information content (AvgIpc) is 4.32. The minimum Gasteiger partial charge on any atom is -0.355 e. The summed E-state index contributed by atoms with van der Waals surface area (Å²) in [4.78, 5) is 23.8. The van der Waals surface area contributed by atoms with Gasteiger partial charge in [0, 0.05) is 49.5 Å². The number of hydrogen-bond acceptors (Lipinski definition) is 4. The number of rotatable bonds is 19. The molecule has 0 atom stereocenters. The Bertz CT molecular complexity index is 3500. The summed E-state index contributed by atoms with van der Waals surface area (Å²) >= 11 is 3.60. The summed E-state index contributed by atoms with van der Waals surface area (Å²) in [6.45, 7) is 22.7. The second-order valence-corrected chi connectivity index (χ2v) is 22.5. The number of aromatic amines is 2. The minimum absolute atomic E-state index is 0.836. The van der Waals surface area contributed by atoms with Crippen LogP contribution in [0.15, 0.2) is 54.9 Å². The van der Waals surface area contributed by atoms with Crippen LogP contribution in [0.25, 0.3) is 54.1 Å². The zero-order valence-electron chi connectivity index (χ0n) is 48.1. The quantitative estimate of drug-likeness (QED) is 0.0482. The van der Waals surface area contributed by atoms with Crippen LogP contribution >= 0.6 is 22.7 Å². The van der Waals surface area contributed by atoms with Gasteiger partial charge in [-0.25, -0.2) is 14.5 Å². The van der Waals surface area contributed by atoms with E-state index in [1.165, 1.54) is 115 Å². The smallest absolute Gasteiger partial charge is 0.169 e. The number of pyridine rings is 1. The first kappa shape index (κ1) is 56.6. The third-order valence-electron chi connectivity index (χ3n) is 15.4. The van der Waals surface area contributed by atoms with Crippen LogP contribution in [0, 0.1) is 47.4 Å². The first-order chi connectivity index (χ1) is 37.6. The SMILES string of the molecule is CCCCCCc1cc(-c2cc(CCCCCC)c(C#CC#Cc3c4nc(cc5[nH]c(cc6[nH]c(cc7nc3C(CC)=C7CC)c(CC)c6CC)c(CC)c5CC)C(CC)=C4CC)s2)sc1C#CC#Cc1cc[n+](C)cc1. The molecule has 0 fully saturated rings. The molecule has 7 heteroatoms. The molecule has 0 unspecified atom stereocenters. The van der Waals surface area contributed by atoms with E-state index in [-0.39, 0.29) is 0 Å². The standard InChI is InChI=1S/C70H79N5S2/c1-12-22-24-26-33-48-42-67(76-65(48)36-30-28-32-47-38-40-75(11)41-39-47)68-43-49(34-27-25-23-13-2)66(77-68)37-31-29-35-58-69-56(20-9)54(18-7)63(73-69)45-61-52(16-5)50(14-3)59(71-61)44-60-51(15-4)53(17-6)62(72-60)46-64-55(19-8)57(21-10)70(58)74-64/h38-46H,12-27,33-34H2,1-11H3,(H,71,72,73,74)/p+1. The first-order valence-electron chi connectivity index (χ1n) is 29.2. The number of unbranched alkanes of at least 4 members (excludes halogenated alkanes) is 6. The fourth-order valence-corrected chi connectivity index (χ4v) is 13.6. The van der Waals surface area contributed by atoms with E-state index < -0.39 is 0 Å². The van der Waals surface area contributed by atoms with Gasteiger partial charge in [-0.1, -0.05) is 114 Å². The molecule has 0 aromatic carbocycles. The van der Waals surface area contributed by atoms with E-state index in [1.807, 2.05) is 36.1 Å². The molecule has 6 aromatic heterocycles. The Morgan fingerprint density at radius 3 is 1.25 bits per heavy atom. The third kappa shape index (κ3) is 12.7. The monoisotopic (exact) mass is 1050 g/mol. The minimum atomic E-state index is 0.836. The van der Waals surface area contributed by atoms with E-state index in [1.54, 1.807) is 22.7 Å². The molecule has 0 saturated carbocycles. The average molecular weight is 1060 g/mol. The van der Waals surface area contributed by atoms with Gasteiger partial charge in [-0.15, -0.1) is 22.7 Å². The van der Waals surface area contributed by atoms with E-state index in [2.05, 4.69) is 157 Å². The van der Waals surface area contributed by atoms with Crippen LogP contribution in [0.5, 0.6) is 0 Å². The van der Waals surface area contributed by atoms with Crippen LogP contribution in [0.4, 0.5) is 0 Å². The molecule has 0 spiro atoms. The van der Waals surface area contributed by atoms with Crippen molar-refractivity contribution in [2.45, 2.75) is 185 Å². The highest BCUT2D eigenvalue weighted by Crippen LogP contribution is 2.43. The van der Waals surface area contributed by atoms with Gasteiger partial charge < -0.3 is 9.97 Å². The Hall–Kier alpha value is -6.61. The highest BCUT2D eigenvalue weighted by molar-refractivity contribution is 7.22. The summed E-state index contributed by atoms with van der Waals surface area (Å²) in [5.74, 6) is 27.3. The normalized spacial score (nSPS) is 12.0. The van der Waals surface area contributed by atoms with E-state index in [0.717, 1.165) is 132 Å². The summed E-state index contributed by atoms with van der Waals surface area (Å²) in [5.41, 5.74) is 23.5. The van der Waals surface area contributed by atoms with Crippen LogP contribution in [-0.2, 0) is 45.6 Å². The van der Waals surface area contributed by atoms with Gasteiger partial charge in [0.15, 0.2) is 12.4 Å². The molecule has 0 amide bonds. The van der Waals surface area contributed by atoms with Gasteiger partial charge in [0.2, 0.25) is 0 Å². The molecule has 0 saturated heterocycles. The number of fused-ring (bicyclic) bond motifs is 8. The molecule has 8 rings (SSSR count). The van der Waals surface area contributed by atoms with Crippen LogP contribution in [0.1, 0.15) is 223 Å². The Kier molecular flexibility index (Phi) is 19.9. The van der Waals surface area contributed by atoms with Crippen LogP contribution in [0.2, 0.25) is 0 Å². The molecule has 2 N–H and O–H groups in total. The lowest BCUT2D eigenvalue weighted by Crippen LogP contribution is -2.25. The molecule has 2 aliphatic rings. The summed E-state index contributed by atoms with van der Waals surface area (Å²) in [7, 11) is 2.02. The van der Waals surface area contributed by atoms with Gasteiger partial charge in [-0.3, -0.25) is 0 Å². The maximum absolute atomic E-state index is 5.63.